The zero-order valence-electron chi connectivity index (χ0n) is 17.1. The number of hydrogen-bond donors (Lipinski definition) is 2. The van der Waals surface area contributed by atoms with E-state index in [-0.39, 0.29) is 35.3 Å². The largest absolute Gasteiger partial charge is 0.492 e. The van der Waals surface area contributed by atoms with Crippen LogP contribution in [0.5, 0.6) is 5.75 Å². The van der Waals surface area contributed by atoms with Gasteiger partial charge in [-0.1, -0.05) is 35.9 Å². The van der Waals surface area contributed by atoms with Crippen molar-refractivity contribution in [3.63, 3.8) is 0 Å². The minimum atomic E-state index is -0.586. The first-order chi connectivity index (χ1) is 15.3. The molecule has 8 nitrogen and oxygen atoms in total. The highest BCUT2D eigenvalue weighted by atomic mass is 35.5. The van der Waals surface area contributed by atoms with Gasteiger partial charge in [0, 0.05) is 24.7 Å². The number of anilines is 1. The van der Waals surface area contributed by atoms with Crippen LogP contribution in [0.15, 0.2) is 66.7 Å². The molecule has 0 radical (unpaired) electrons. The Kier molecular flexibility index (Phi) is 7.41. The van der Waals surface area contributed by atoms with Gasteiger partial charge in [0.25, 0.3) is 11.6 Å². The molecule has 0 saturated heterocycles. The molecule has 0 heterocycles. The topological polar surface area (TPSA) is 111 Å². The molecule has 0 spiro atoms. The van der Waals surface area contributed by atoms with Gasteiger partial charge in [-0.3, -0.25) is 19.7 Å². The molecule has 0 bridgehead atoms. The monoisotopic (exact) mass is 453 g/mol. The first kappa shape index (κ1) is 22.8. The van der Waals surface area contributed by atoms with Gasteiger partial charge in [0.2, 0.25) is 5.91 Å². The van der Waals surface area contributed by atoms with Crippen molar-refractivity contribution in [1.29, 1.82) is 0 Å². The maximum atomic E-state index is 12.2. The van der Waals surface area contributed by atoms with Crippen LogP contribution in [0.25, 0.3) is 11.1 Å². The van der Waals surface area contributed by atoms with E-state index < -0.39 is 10.8 Å². The van der Waals surface area contributed by atoms with Crippen LogP contribution in [-0.2, 0) is 4.79 Å². The molecule has 0 atom stereocenters. The summed E-state index contributed by atoms with van der Waals surface area (Å²) in [6.45, 7) is 1.87. The van der Waals surface area contributed by atoms with Crippen molar-refractivity contribution in [3.05, 3.63) is 87.4 Å². The number of carbonyl (C=O) groups is 2. The van der Waals surface area contributed by atoms with E-state index in [1.54, 1.807) is 0 Å². The van der Waals surface area contributed by atoms with Gasteiger partial charge in [-0.25, -0.2) is 0 Å². The highest BCUT2D eigenvalue weighted by molar-refractivity contribution is 6.33. The van der Waals surface area contributed by atoms with E-state index >= 15 is 0 Å². The van der Waals surface area contributed by atoms with E-state index in [1.807, 2.05) is 48.5 Å². The quantitative estimate of drug-likeness (QED) is 0.292. The number of benzene rings is 3. The number of non-ortho nitro benzene ring substituents is 1. The Hall–Kier alpha value is -3.91. The second-order valence-electron chi connectivity index (χ2n) is 6.81. The fraction of sp³-hybridized carbons (Fsp3) is 0.130. The Balaban J connectivity index is 1.51. The molecular formula is C23H20ClN3O5. The summed E-state index contributed by atoms with van der Waals surface area (Å²) in [6.07, 6.45) is 0. The Labute approximate surface area is 189 Å². The lowest BCUT2D eigenvalue weighted by atomic mass is 10.1. The van der Waals surface area contributed by atoms with Crippen molar-refractivity contribution in [2.45, 2.75) is 6.92 Å². The predicted octanol–water partition coefficient (Wildman–Crippen LogP) is 4.68. The lowest BCUT2D eigenvalue weighted by Crippen LogP contribution is -2.28. The van der Waals surface area contributed by atoms with Crippen LogP contribution in [-0.4, -0.2) is 29.9 Å². The summed E-state index contributed by atoms with van der Waals surface area (Å²) in [6, 6.07) is 18.6. The third-order valence-corrected chi connectivity index (χ3v) is 4.78. The van der Waals surface area contributed by atoms with Gasteiger partial charge in [0.1, 0.15) is 12.4 Å². The predicted molar refractivity (Wildman–Crippen MR) is 122 cm³/mol. The first-order valence-corrected chi connectivity index (χ1v) is 10.0. The molecule has 0 aliphatic heterocycles. The number of halogens is 1. The van der Waals surface area contributed by atoms with Gasteiger partial charge in [-0.15, -0.1) is 0 Å². The summed E-state index contributed by atoms with van der Waals surface area (Å²) in [4.78, 5) is 33.6. The Bertz CT molecular complexity index is 1130. The van der Waals surface area contributed by atoms with E-state index in [0.717, 1.165) is 22.9 Å². The molecule has 9 heteroatoms. The first-order valence-electron chi connectivity index (χ1n) is 9.66. The van der Waals surface area contributed by atoms with Crippen LogP contribution in [0.2, 0.25) is 5.02 Å². The number of rotatable bonds is 8. The van der Waals surface area contributed by atoms with E-state index in [2.05, 4.69) is 10.6 Å². The van der Waals surface area contributed by atoms with Gasteiger partial charge in [-0.2, -0.15) is 0 Å². The lowest BCUT2D eigenvalue weighted by molar-refractivity contribution is -0.384. The molecule has 3 aromatic carbocycles. The third-order valence-electron chi connectivity index (χ3n) is 4.45. The van der Waals surface area contributed by atoms with Crippen molar-refractivity contribution in [1.82, 2.24) is 5.32 Å². The summed E-state index contributed by atoms with van der Waals surface area (Å²) in [5.41, 5.74) is 2.54. The van der Waals surface area contributed by atoms with Crippen LogP contribution in [0.3, 0.4) is 0 Å². The average Bonchev–Trinajstić information content (AvgIpc) is 2.77. The second-order valence-corrected chi connectivity index (χ2v) is 7.22. The lowest BCUT2D eigenvalue weighted by Gasteiger charge is -2.10. The van der Waals surface area contributed by atoms with Crippen LogP contribution >= 0.6 is 11.6 Å². The molecule has 3 aromatic rings. The van der Waals surface area contributed by atoms with Crippen LogP contribution < -0.4 is 15.4 Å². The number of nitro groups is 1. The average molecular weight is 454 g/mol. The smallest absolute Gasteiger partial charge is 0.270 e. The SMILES string of the molecule is CC(=O)Nc1ccc(-c2ccc(OCCNC(=O)c3cc([N+](=O)[O-])ccc3Cl)cc2)cc1. The van der Waals surface area contributed by atoms with Crippen LogP contribution in [0, 0.1) is 10.1 Å². The molecule has 0 fully saturated rings. The number of amides is 2. The third kappa shape index (κ3) is 6.05. The molecular weight excluding hydrogens is 434 g/mol. The summed E-state index contributed by atoms with van der Waals surface area (Å²) in [5, 5.41) is 16.4. The molecule has 0 aromatic heterocycles. The van der Waals surface area contributed by atoms with E-state index in [0.29, 0.717) is 5.75 Å². The normalized spacial score (nSPS) is 10.3. The standard InChI is InChI=1S/C23H20ClN3O5/c1-15(28)26-18-6-2-16(3-7-18)17-4-9-20(10-5-17)32-13-12-25-23(29)21-14-19(27(30)31)8-11-22(21)24/h2-11,14H,12-13H2,1H3,(H,25,29)(H,26,28). The molecule has 0 aliphatic carbocycles. The summed E-state index contributed by atoms with van der Waals surface area (Å²) in [7, 11) is 0. The zero-order chi connectivity index (χ0) is 23.1. The molecule has 0 unspecified atom stereocenters. The maximum Gasteiger partial charge on any atom is 0.270 e. The minimum absolute atomic E-state index is 0.0368. The minimum Gasteiger partial charge on any atom is -0.492 e. The number of carbonyl (C=O) groups excluding carboxylic acids is 2. The van der Waals surface area contributed by atoms with E-state index in [1.165, 1.54) is 19.1 Å². The van der Waals surface area contributed by atoms with Gasteiger partial charge < -0.3 is 15.4 Å². The number of ether oxygens (including phenoxy) is 1. The Morgan fingerprint density at radius 3 is 2.22 bits per heavy atom. The molecule has 2 amide bonds. The highest BCUT2D eigenvalue weighted by Gasteiger charge is 2.15. The van der Waals surface area contributed by atoms with Gasteiger partial charge >= 0.3 is 0 Å². The van der Waals surface area contributed by atoms with Crippen LogP contribution in [0.1, 0.15) is 17.3 Å². The maximum absolute atomic E-state index is 12.2. The van der Waals surface area contributed by atoms with E-state index in [4.69, 9.17) is 16.3 Å². The molecule has 164 valence electrons. The zero-order valence-corrected chi connectivity index (χ0v) is 17.9. The fourth-order valence-corrected chi connectivity index (χ4v) is 3.13. The number of hydrogen-bond acceptors (Lipinski definition) is 5. The Morgan fingerprint density at radius 2 is 1.62 bits per heavy atom. The number of nitrogens with one attached hydrogen (secondary N) is 2. The molecule has 3 rings (SSSR count). The molecule has 32 heavy (non-hydrogen) atoms. The molecule has 2 N–H and O–H groups in total. The van der Waals surface area contributed by atoms with Crippen molar-refractivity contribution >= 4 is 34.8 Å². The van der Waals surface area contributed by atoms with Gasteiger partial charge in [-0.05, 0) is 41.5 Å². The molecule has 0 aliphatic rings. The van der Waals surface area contributed by atoms with Crippen molar-refractivity contribution < 1.29 is 19.2 Å². The number of nitro benzene ring substituents is 1. The van der Waals surface area contributed by atoms with Crippen molar-refractivity contribution in [2.24, 2.45) is 0 Å². The van der Waals surface area contributed by atoms with Crippen molar-refractivity contribution in [2.75, 3.05) is 18.5 Å². The summed E-state index contributed by atoms with van der Waals surface area (Å²) >= 11 is 5.97. The summed E-state index contributed by atoms with van der Waals surface area (Å²) < 4.78 is 5.63. The van der Waals surface area contributed by atoms with Crippen molar-refractivity contribution in [3.8, 4) is 16.9 Å². The van der Waals surface area contributed by atoms with Crippen LogP contribution in [0.4, 0.5) is 11.4 Å². The number of nitrogens with zero attached hydrogens (tertiary/aromatic N) is 1. The Morgan fingerprint density at radius 1 is 1.00 bits per heavy atom. The van der Waals surface area contributed by atoms with E-state index in [9.17, 15) is 19.7 Å². The fourth-order valence-electron chi connectivity index (χ4n) is 2.92. The highest BCUT2D eigenvalue weighted by Crippen LogP contribution is 2.24. The summed E-state index contributed by atoms with van der Waals surface area (Å²) in [5.74, 6) is -0.00442. The van der Waals surface area contributed by atoms with Gasteiger partial charge in [0.05, 0.1) is 22.1 Å². The molecule has 0 saturated carbocycles. The van der Waals surface area contributed by atoms with Gasteiger partial charge in [0.15, 0.2) is 0 Å². The second kappa shape index (κ2) is 10.4.